The first kappa shape index (κ1) is 20.4. The molecule has 2 amide bonds. The second-order valence-corrected chi connectivity index (χ2v) is 7.90. The average Bonchev–Trinajstić information content (AvgIpc) is 2.49. The second-order valence-electron chi connectivity index (χ2n) is 7.90. The lowest BCUT2D eigenvalue weighted by Crippen LogP contribution is -2.52. The minimum absolute atomic E-state index is 0.0820. The number of carbonyl (C=O) groups excluding carboxylic acids is 2. The maximum Gasteiger partial charge on any atom is 0.410 e. The zero-order valence-electron chi connectivity index (χ0n) is 15.7. The van der Waals surface area contributed by atoms with Gasteiger partial charge in [0.2, 0.25) is 5.91 Å². The van der Waals surface area contributed by atoms with E-state index in [4.69, 9.17) is 4.74 Å². The van der Waals surface area contributed by atoms with Crippen LogP contribution in [0.3, 0.4) is 0 Å². The number of nitroso groups, excluding NO2 is 1. The average molecular weight is 341 g/mol. The number of amides is 2. The molecule has 1 atom stereocenters. The van der Waals surface area contributed by atoms with Crippen LogP contribution in [0.5, 0.6) is 0 Å². The van der Waals surface area contributed by atoms with E-state index < -0.39 is 17.7 Å². The van der Waals surface area contributed by atoms with Crippen molar-refractivity contribution in [1.29, 1.82) is 0 Å². The van der Waals surface area contributed by atoms with Crippen molar-refractivity contribution in [2.24, 2.45) is 11.1 Å². The molecule has 0 aromatic heterocycles. The monoisotopic (exact) mass is 341 g/mol. The predicted octanol–water partition coefficient (Wildman–Crippen LogP) is 3.03. The van der Waals surface area contributed by atoms with Crippen molar-refractivity contribution in [3.05, 3.63) is 4.91 Å². The minimum Gasteiger partial charge on any atom is -0.444 e. The van der Waals surface area contributed by atoms with E-state index in [0.29, 0.717) is 32.4 Å². The number of nitrogens with zero attached hydrogens (tertiary/aromatic N) is 3. The molecule has 138 valence electrons. The molecule has 1 heterocycles. The Morgan fingerprint density at radius 1 is 1.25 bits per heavy atom. The first-order chi connectivity index (χ1) is 11.0. The summed E-state index contributed by atoms with van der Waals surface area (Å²) in [5.41, 5.74) is -0.606. The third-order valence-corrected chi connectivity index (χ3v) is 4.05. The van der Waals surface area contributed by atoms with Gasteiger partial charge in [-0.1, -0.05) is 19.0 Å². The summed E-state index contributed by atoms with van der Waals surface area (Å²) in [4.78, 5) is 39.0. The Morgan fingerprint density at radius 3 is 2.21 bits per heavy atom. The SMILES string of the molecule is CC(C)CC(C(=O)N1CCC(N=O)CC1)N(C)C(=O)OC(C)(C)C. The summed E-state index contributed by atoms with van der Waals surface area (Å²) in [7, 11) is 1.61. The largest absolute Gasteiger partial charge is 0.444 e. The molecule has 1 aliphatic heterocycles. The van der Waals surface area contributed by atoms with E-state index >= 15 is 0 Å². The molecular formula is C17H31N3O4. The number of hydrogen-bond acceptors (Lipinski definition) is 5. The highest BCUT2D eigenvalue weighted by molar-refractivity contribution is 5.85. The molecule has 0 saturated carbocycles. The lowest BCUT2D eigenvalue weighted by atomic mass is 9.99. The van der Waals surface area contributed by atoms with Crippen LogP contribution in [0, 0.1) is 10.8 Å². The van der Waals surface area contributed by atoms with Gasteiger partial charge in [-0.3, -0.25) is 9.69 Å². The molecule has 7 heteroatoms. The fourth-order valence-electron chi connectivity index (χ4n) is 2.73. The summed E-state index contributed by atoms with van der Waals surface area (Å²) < 4.78 is 5.39. The van der Waals surface area contributed by atoms with Crippen LogP contribution in [0.15, 0.2) is 5.18 Å². The maximum absolute atomic E-state index is 12.9. The van der Waals surface area contributed by atoms with Crippen molar-refractivity contribution in [2.75, 3.05) is 20.1 Å². The summed E-state index contributed by atoms with van der Waals surface area (Å²) in [5, 5.41) is 3.07. The first-order valence-electron chi connectivity index (χ1n) is 8.62. The molecule has 1 rings (SSSR count). The Hall–Kier alpha value is -1.66. The highest BCUT2D eigenvalue weighted by Gasteiger charge is 2.35. The van der Waals surface area contributed by atoms with Crippen molar-refractivity contribution < 1.29 is 14.3 Å². The van der Waals surface area contributed by atoms with Crippen LogP contribution in [0.1, 0.15) is 53.9 Å². The Labute approximate surface area is 144 Å². The Kier molecular flexibility index (Phi) is 7.17. The molecule has 1 unspecified atom stereocenters. The highest BCUT2D eigenvalue weighted by Crippen LogP contribution is 2.20. The Bertz CT molecular complexity index is 451. The molecule has 1 fully saturated rings. The van der Waals surface area contributed by atoms with Crippen LogP contribution in [0.2, 0.25) is 0 Å². The van der Waals surface area contributed by atoms with Crippen LogP contribution >= 0.6 is 0 Å². The van der Waals surface area contributed by atoms with Gasteiger partial charge in [-0.05, 0) is 46.0 Å². The van der Waals surface area contributed by atoms with E-state index in [9.17, 15) is 14.5 Å². The molecule has 24 heavy (non-hydrogen) atoms. The lowest BCUT2D eigenvalue weighted by molar-refractivity contribution is -0.138. The van der Waals surface area contributed by atoms with Crippen molar-refractivity contribution in [1.82, 2.24) is 9.80 Å². The van der Waals surface area contributed by atoms with Crippen LogP contribution in [-0.4, -0.2) is 59.6 Å². The molecule has 0 aromatic rings. The summed E-state index contributed by atoms with van der Waals surface area (Å²) >= 11 is 0. The number of likely N-dealkylation sites (tertiary alicyclic amines) is 1. The number of ether oxygens (including phenoxy) is 1. The van der Waals surface area contributed by atoms with Gasteiger partial charge in [-0.25, -0.2) is 4.79 Å². The third kappa shape index (κ3) is 6.09. The van der Waals surface area contributed by atoms with Gasteiger partial charge in [0.1, 0.15) is 11.6 Å². The zero-order chi connectivity index (χ0) is 18.5. The summed E-state index contributed by atoms with van der Waals surface area (Å²) in [6, 6.07) is -0.762. The number of hydrogen-bond donors (Lipinski definition) is 0. The summed E-state index contributed by atoms with van der Waals surface area (Å²) in [6.45, 7) is 10.5. The molecule has 7 nitrogen and oxygen atoms in total. The van der Waals surface area contributed by atoms with E-state index in [1.807, 2.05) is 13.8 Å². The van der Waals surface area contributed by atoms with E-state index in [0.717, 1.165) is 0 Å². The van der Waals surface area contributed by atoms with Gasteiger partial charge >= 0.3 is 6.09 Å². The number of piperidine rings is 1. The maximum atomic E-state index is 12.9. The van der Waals surface area contributed by atoms with Gasteiger partial charge in [0.15, 0.2) is 0 Å². The molecule has 0 aliphatic carbocycles. The normalized spacial score (nSPS) is 17.5. The van der Waals surface area contributed by atoms with Gasteiger partial charge in [0.05, 0.1) is 6.04 Å². The highest BCUT2D eigenvalue weighted by atomic mass is 16.6. The van der Waals surface area contributed by atoms with E-state index in [-0.39, 0.29) is 17.9 Å². The van der Waals surface area contributed by atoms with E-state index in [2.05, 4.69) is 5.18 Å². The molecule has 1 aliphatic rings. The second kappa shape index (κ2) is 8.44. The number of likely N-dealkylation sites (N-methyl/N-ethyl adjacent to an activating group) is 1. The topological polar surface area (TPSA) is 79.3 Å². The smallest absolute Gasteiger partial charge is 0.410 e. The Balaban J connectivity index is 2.82. The van der Waals surface area contributed by atoms with Crippen LogP contribution in [0.25, 0.3) is 0 Å². The van der Waals surface area contributed by atoms with Gasteiger partial charge in [-0.2, -0.15) is 4.91 Å². The fraction of sp³-hybridized carbons (Fsp3) is 0.882. The standard InChI is InChI=1S/C17H31N3O4/c1-12(2)11-14(19(6)16(22)24-17(3,4)5)15(21)20-9-7-13(18-23)8-10-20/h12-14H,7-11H2,1-6H3. The lowest BCUT2D eigenvalue weighted by Gasteiger charge is -2.36. The van der Waals surface area contributed by atoms with Crippen LogP contribution < -0.4 is 0 Å². The summed E-state index contributed by atoms with van der Waals surface area (Å²) in [5.74, 6) is 0.180. The molecule has 1 saturated heterocycles. The number of carbonyl (C=O) groups is 2. The Morgan fingerprint density at radius 2 is 1.79 bits per heavy atom. The quantitative estimate of drug-likeness (QED) is 0.720. The van der Waals surface area contributed by atoms with E-state index in [1.165, 1.54) is 4.90 Å². The predicted molar refractivity (Wildman–Crippen MR) is 92.6 cm³/mol. The fourth-order valence-corrected chi connectivity index (χ4v) is 2.73. The summed E-state index contributed by atoms with van der Waals surface area (Å²) in [6.07, 6.45) is 1.24. The van der Waals surface area contributed by atoms with Gasteiger partial charge in [0, 0.05) is 20.1 Å². The number of rotatable bonds is 5. The van der Waals surface area contributed by atoms with Crippen LogP contribution in [-0.2, 0) is 9.53 Å². The van der Waals surface area contributed by atoms with Gasteiger partial charge in [-0.15, -0.1) is 0 Å². The molecule has 0 bridgehead atoms. The first-order valence-corrected chi connectivity index (χ1v) is 8.62. The van der Waals surface area contributed by atoms with Gasteiger partial charge in [0.25, 0.3) is 0 Å². The van der Waals surface area contributed by atoms with Crippen LogP contribution in [0.4, 0.5) is 4.79 Å². The van der Waals surface area contributed by atoms with Crippen molar-refractivity contribution in [3.8, 4) is 0 Å². The zero-order valence-corrected chi connectivity index (χ0v) is 15.7. The van der Waals surface area contributed by atoms with Gasteiger partial charge < -0.3 is 9.64 Å². The van der Waals surface area contributed by atoms with Crippen molar-refractivity contribution in [3.63, 3.8) is 0 Å². The molecular weight excluding hydrogens is 310 g/mol. The van der Waals surface area contributed by atoms with E-state index in [1.54, 1.807) is 32.7 Å². The molecule has 0 N–H and O–H groups in total. The molecule has 0 spiro atoms. The molecule has 0 aromatic carbocycles. The molecule has 0 radical (unpaired) electrons. The van der Waals surface area contributed by atoms with Crippen molar-refractivity contribution >= 4 is 12.0 Å². The third-order valence-electron chi connectivity index (χ3n) is 4.05. The minimum atomic E-state index is -0.606. The van der Waals surface area contributed by atoms with Crippen molar-refractivity contribution in [2.45, 2.75) is 71.6 Å².